The monoisotopic (exact) mass is 386 g/mol. The fourth-order valence-electron chi connectivity index (χ4n) is 3.06. The summed E-state index contributed by atoms with van der Waals surface area (Å²) in [4.78, 5) is 9.58. The van der Waals surface area contributed by atoms with Crippen LogP contribution in [0.5, 0.6) is 0 Å². The molecule has 6 heteroatoms. The van der Waals surface area contributed by atoms with Gasteiger partial charge in [0.05, 0.1) is 5.52 Å². The number of thioether (sulfide) groups is 1. The van der Waals surface area contributed by atoms with Crippen LogP contribution in [0.3, 0.4) is 0 Å². The molecule has 0 fully saturated rings. The second-order valence-electron chi connectivity index (χ2n) is 6.36. The van der Waals surface area contributed by atoms with E-state index < -0.39 is 0 Å². The van der Waals surface area contributed by atoms with E-state index in [-0.39, 0.29) is 5.82 Å². The predicted molar refractivity (Wildman–Crippen MR) is 110 cm³/mol. The molecule has 0 aliphatic rings. The van der Waals surface area contributed by atoms with Crippen LogP contribution in [0.25, 0.3) is 27.9 Å². The molecule has 5 rings (SSSR count). The maximum atomic E-state index is 13.2. The molecule has 2 heterocycles. The van der Waals surface area contributed by atoms with E-state index in [4.69, 9.17) is 15.1 Å². The number of aromatic nitrogens is 4. The third kappa shape index (κ3) is 3.12. The van der Waals surface area contributed by atoms with Gasteiger partial charge in [-0.05, 0) is 29.8 Å². The van der Waals surface area contributed by atoms with E-state index in [0.29, 0.717) is 11.6 Å². The van der Waals surface area contributed by atoms with Crippen LogP contribution in [0.2, 0.25) is 0 Å². The lowest BCUT2D eigenvalue weighted by atomic mass is 10.2. The van der Waals surface area contributed by atoms with Crippen LogP contribution in [0.4, 0.5) is 4.39 Å². The summed E-state index contributed by atoms with van der Waals surface area (Å²) in [7, 11) is 0. The van der Waals surface area contributed by atoms with Gasteiger partial charge in [-0.2, -0.15) is 4.52 Å². The maximum absolute atomic E-state index is 13.2. The second kappa shape index (κ2) is 7.05. The molecule has 0 N–H and O–H groups in total. The first kappa shape index (κ1) is 16.9. The second-order valence-corrected chi connectivity index (χ2v) is 7.31. The Balaban J connectivity index is 1.62. The van der Waals surface area contributed by atoms with Gasteiger partial charge in [0, 0.05) is 16.7 Å². The lowest BCUT2D eigenvalue weighted by Gasteiger charge is -2.06. The van der Waals surface area contributed by atoms with Crippen molar-refractivity contribution in [3.8, 4) is 11.4 Å². The number of fused-ring (bicyclic) bond motifs is 3. The summed E-state index contributed by atoms with van der Waals surface area (Å²) in [6, 6.07) is 24.4. The molecule has 0 unspecified atom stereocenters. The Labute approximate surface area is 165 Å². The fourth-order valence-corrected chi connectivity index (χ4v) is 3.96. The van der Waals surface area contributed by atoms with Gasteiger partial charge in [-0.3, -0.25) is 0 Å². The Morgan fingerprint density at radius 2 is 1.57 bits per heavy atom. The van der Waals surface area contributed by atoms with Crippen LogP contribution < -0.4 is 0 Å². The first-order valence-electron chi connectivity index (χ1n) is 8.86. The van der Waals surface area contributed by atoms with Crippen molar-refractivity contribution < 1.29 is 4.39 Å². The Morgan fingerprint density at radius 3 is 2.39 bits per heavy atom. The molecule has 0 spiro atoms. The third-order valence-corrected chi connectivity index (χ3v) is 5.46. The van der Waals surface area contributed by atoms with Crippen LogP contribution in [-0.4, -0.2) is 19.6 Å². The molecule has 4 nitrogen and oxygen atoms in total. The summed E-state index contributed by atoms with van der Waals surface area (Å²) in [6.45, 7) is 0. The number of hydrogen-bond donors (Lipinski definition) is 0. The molecule has 28 heavy (non-hydrogen) atoms. The molecule has 0 aliphatic heterocycles. The van der Waals surface area contributed by atoms with Crippen molar-refractivity contribution in [3.05, 3.63) is 90.2 Å². The lowest BCUT2D eigenvalue weighted by molar-refractivity contribution is 0.627. The number of nitrogens with zero attached hydrogens (tertiary/aromatic N) is 4. The standard InChI is InChI=1S/C22H15FN4S/c23-17-12-10-15(11-13-17)14-28-22-24-19-9-5-4-8-18(19)21-25-20(26-27(21)22)16-6-2-1-3-7-16/h1-13H,14H2. The van der Waals surface area contributed by atoms with Crippen molar-refractivity contribution in [2.24, 2.45) is 0 Å². The fraction of sp³-hybridized carbons (Fsp3) is 0.0455. The van der Waals surface area contributed by atoms with E-state index in [9.17, 15) is 4.39 Å². The quantitative estimate of drug-likeness (QED) is 0.307. The summed E-state index contributed by atoms with van der Waals surface area (Å²) in [6.07, 6.45) is 0. The highest BCUT2D eigenvalue weighted by atomic mass is 32.2. The molecule has 0 radical (unpaired) electrons. The molecule has 5 aromatic rings. The molecule has 0 amide bonds. The number of halogens is 1. The highest BCUT2D eigenvalue weighted by Crippen LogP contribution is 2.28. The van der Waals surface area contributed by atoms with Crippen molar-refractivity contribution in [3.63, 3.8) is 0 Å². The van der Waals surface area contributed by atoms with Gasteiger partial charge in [0.25, 0.3) is 0 Å². The van der Waals surface area contributed by atoms with Crippen LogP contribution in [0, 0.1) is 5.82 Å². The predicted octanol–water partition coefficient (Wildman–Crippen LogP) is 5.38. The highest BCUT2D eigenvalue weighted by Gasteiger charge is 2.14. The minimum atomic E-state index is -0.233. The van der Waals surface area contributed by atoms with Crippen molar-refractivity contribution >= 4 is 28.3 Å². The Morgan fingerprint density at radius 1 is 0.821 bits per heavy atom. The summed E-state index contributed by atoms with van der Waals surface area (Å²) >= 11 is 1.56. The van der Waals surface area contributed by atoms with E-state index in [1.54, 1.807) is 28.4 Å². The van der Waals surface area contributed by atoms with Crippen molar-refractivity contribution in [1.82, 2.24) is 19.6 Å². The molecule has 0 saturated carbocycles. The minimum absolute atomic E-state index is 0.233. The van der Waals surface area contributed by atoms with Crippen molar-refractivity contribution in [2.75, 3.05) is 0 Å². The number of para-hydroxylation sites is 1. The maximum Gasteiger partial charge on any atom is 0.191 e. The average Bonchev–Trinajstić information content (AvgIpc) is 3.20. The van der Waals surface area contributed by atoms with E-state index in [1.807, 2.05) is 54.6 Å². The summed E-state index contributed by atoms with van der Waals surface area (Å²) < 4.78 is 15.0. The lowest BCUT2D eigenvalue weighted by Crippen LogP contribution is -1.98. The van der Waals surface area contributed by atoms with Gasteiger partial charge in [-0.15, -0.1) is 5.10 Å². The van der Waals surface area contributed by atoms with Gasteiger partial charge in [0.2, 0.25) is 0 Å². The third-order valence-electron chi connectivity index (χ3n) is 4.46. The van der Waals surface area contributed by atoms with Gasteiger partial charge in [-0.1, -0.05) is 66.4 Å². The number of benzene rings is 3. The number of rotatable bonds is 4. The Bertz CT molecular complexity index is 1270. The molecular formula is C22H15FN4S. The highest BCUT2D eigenvalue weighted by molar-refractivity contribution is 7.98. The Hall–Kier alpha value is -3.25. The Kier molecular flexibility index (Phi) is 4.25. The average molecular weight is 386 g/mol. The molecule has 0 saturated heterocycles. The van der Waals surface area contributed by atoms with Crippen LogP contribution >= 0.6 is 11.8 Å². The SMILES string of the molecule is Fc1ccc(CSc2nc3ccccc3c3nc(-c4ccccc4)nn23)cc1. The zero-order valence-electron chi connectivity index (χ0n) is 14.8. The van der Waals surface area contributed by atoms with Crippen LogP contribution in [-0.2, 0) is 5.75 Å². The van der Waals surface area contributed by atoms with Crippen LogP contribution in [0.1, 0.15) is 5.56 Å². The zero-order valence-corrected chi connectivity index (χ0v) is 15.6. The molecule has 3 aromatic carbocycles. The van der Waals surface area contributed by atoms with E-state index in [0.717, 1.165) is 32.8 Å². The van der Waals surface area contributed by atoms with Crippen molar-refractivity contribution in [1.29, 1.82) is 0 Å². The molecule has 136 valence electrons. The largest absolute Gasteiger partial charge is 0.222 e. The molecule has 0 aliphatic carbocycles. The molecule has 2 aromatic heterocycles. The van der Waals surface area contributed by atoms with Gasteiger partial charge >= 0.3 is 0 Å². The normalized spacial score (nSPS) is 11.3. The summed E-state index contributed by atoms with van der Waals surface area (Å²) in [5.41, 5.74) is 3.65. The summed E-state index contributed by atoms with van der Waals surface area (Å²) in [5, 5.41) is 6.44. The summed E-state index contributed by atoms with van der Waals surface area (Å²) in [5.74, 6) is 1.10. The van der Waals surface area contributed by atoms with E-state index >= 15 is 0 Å². The van der Waals surface area contributed by atoms with Gasteiger partial charge in [0.15, 0.2) is 16.6 Å². The van der Waals surface area contributed by atoms with Gasteiger partial charge in [-0.25, -0.2) is 14.4 Å². The van der Waals surface area contributed by atoms with Gasteiger partial charge < -0.3 is 0 Å². The smallest absolute Gasteiger partial charge is 0.191 e. The van der Waals surface area contributed by atoms with Gasteiger partial charge in [0.1, 0.15) is 5.82 Å². The van der Waals surface area contributed by atoms with Crippen LogP contribution in [0.15, 0.2) is 84.0 Å². The molecular weight excluding hydrogens is 371 g/mol. The van der Waals surface area contributed by atoms with Crippen molar-refractivity contribution in [2.45, 2.75) is 10.9 Å². The molecule has 0 bridgehead atoms. The zero-order chi connectivity index (χ0) is 18.9. The number of hydrogen-bond acceptors (Lipinski definition) is 4. The van der Waals surface area contributed by atoms with E-state index in [1.165, 1.54) is 12.1 Å². The minimum Gasteiger partial charge on any atom is -0.222 e. The molecule has 0 atom stereocenters. The first-order chi connectivity index (χ1) is 13.8. The van der Waals surface area contributed by atoms with E-state index in [2.05, 4.69) is 0 Å². The topological polar surface area (TPSA) is 43.1 Å². The first-order valence-corrected chi connectivity index (χ1v) is 9.85.